The van der Waals surface area contributed by atoms with Crippen LogP contribution in [0.3, 0.4) is 0 Å². The third kappa shape index (κ3) is 2.14. The lowest BCUT2D eigenvalue weighted by atomic mass is 9.89. The highest BCUT2D eigenvalue weighted by atomic mass is 16.3. The highest BCUT2D eigenvalue weighted by molar-refractivity contribution is 5.18. The van der Waals surface area contributed by atoms with Gasteiger partial charge in [-0.15, -0.1) is 0 Å². The summed E-state index contributed by atoms with van der Waals surface area (Å²) in [5.74, 6) is 0.381. The summed E-state index contributed by atoms with van der Waals surface area (Å²) >= 11 is 0. The van der Waals surface area contributed by atoms with Crippen LogP contribution in [0.25, 0.3) is 0 Å². The van der Waals surface area contributed by atoms with E-state index >= 15 is 0 Å². The van der Waals surface area contributed by atoms with Gasteiger partial charge in [0.05, 0.1) is 6.10 Å². The van der Waals surface area contributed by atoms with Gasteiger partial charge in [0.15, 0.2) is 0 Å². The van der Waals surface area contributed by atoms with E-state index in [0.717, 1.165) is 25.1 Å². The maximum atomic E-state index is 10.1. The fourth-order valence-electron chi connectivity index (χ4n) is 2.07. The monoisotopic (exact) mass is 191 g/mol. The zero-order chi connectivity index (χ0) is 9.80. The summed E-state index contributed by atoms with van der Waals surface area (Å²) in [5, 5.41) is 13.4. The van der Waals surface area contributed by atoms with Gasteiger partial charge in [-0.2, -0.15) is 0 Å². The second kappa shape index (κ2) is 4.58. The van der Waals surface area contributed by atoms with Crippen molar-refractivity contribution in [1.82, 2.24) is 5.32 Å². The molecule has 0 amide bonds. The Kier molecular flexibility index (Phi) is 3.17. The first-order valence-corrected chi connectivity index (χ1v) is 5.31. The van der Waals surface area contributed by atoms with Crippen LogP contribution in [0.1, 0.15) is 24.5 Å². The minimum Gasteiger partial charge on any atom is -0.388 e. The average Bonchev–Trinajstić information content (AvgIpc) is 2.30. The van der Waals surface area contributed by atoms with E-state index in [0.29, 0.717) is 5.92 Å². The average molecular weight is 191 g/mol. The molecule has 76 valence electrons. The fourth-order valence-corrected chi connectivity index (χ4v) is 2.07. The van der Waals surface area contributed by atoms with Crippen LogP contribution in [-0.4, -0.2) is 18.2 Å². The normalized spacial score (nSPS) is 24.5. The van der Waals surface area contributed by atoms with Gasteiger partial charge in [-0.25, -0.2) is 0 Å². The Morgan fingerprint density at radius 3 is 2.71 bits per heavy atom. The Bertz CT molecular complexity index is 267. The Balaban J connectivity index is 2.03. The lowest BCUT2D eigenvalue weighted by Gasteiger charge is -2.27. The molecule has 2 N–H and O–H groups in total. The van der Waals surface area contributed by atoms with Crippen molar-refractivity contribution in [3.05, 3.63) is 35.9 Å². The van der Waals surface area contributed by atoms with Crippen LogP contribution in [-0.2, 0) is 0 Å². The van der Waals surface area contributed by atoms with E-state index in [-0.39, 0.29) is 6.10 Å². The Hall–Kier alpha value is -0.860. The van der Waals surface area contributed by atoms with E-state index in [1.807, 2.05) is 30.3 Å². The molecule has 2 nitrogen and oxygen atoms in total. The number of aliphatic hydroxyl groups excluding tert-OH is 1. The summed E-state index contributed by atoms with van der Waals surface area (Å²) in [7, 11) is 0. The van der Waals surface area contributed by atoms with E-state index in [4.69, 9.17) is 0 Å². The zero-order valence-electron chi connectivity index (χ0n) is 8.32. The Morgan fingerprint density at radius 1 is 1.29 bits per heavy atom. The van der Waals surface area contributed by atoms with Gasteiger partial charge >= 0.3 is 0 Å². The first-order valence-electron chi connectivity index (χ1n) is 5.31. The molecule has 1 aromatic rings. The second-order valence-electron chi connectivity index (χ2n) is 3.96. The fraction of sp³-hybridized carbons (Fsp3) is 0.500. The van der Waals surface area contributed by atoms with Gasteiger partial charge in [0, 0.05) is 12.5 Å². The van der Waals surface area contributed by atoms with Crippen molar-refractivity contribution < 1.29 is 5.11 Å². The van der Waals surface area contributed by atoms with Crippen molar-refractivity contribution in [3.63, 3.8) is 0 Å². The van der Waals surface area contributed by atoms with E-state index in [1.165, 1.54) is 6.42 Å². The summed E-state index contributed by atoms with van der Waals surface area (Å²) in [6.45, 7) is 2.04. The molecule has 0 bridgehead atoms. The van der Waals surface area contributed by atoms with E-state index in [9.17, 15) is 5.11 Å². The van der Waals surface area contributed by atoms with Gasteiger partial charge in [-0.05, 0) is 24.9 Å². The summed E-state index contributed by atoms with van der Waals surface area (Å²) in [4.78, 5) is 0. The smallest absolute Gasteiger partial charge is 0.0830 e. The molecule has 1 aliphatic heterocycles. The highest BCUT2D eigenvalue weighted by Crippen LogP contribution is 2.26. The molecule has 0 aliphatic carbocycles. The van der Waals surface area contributed by atoms with Gasteiger partial charge in [0.25, 0.3) is 0 Å². The molecular weight excluding hydrogens is 174 g/mol. The van der Waals surface area contributed by atoms with Crippen molar-refractivity contribution in [1.29, 1.82) is 0 Å². The third-order valence-corrected chi connectivity index (χ3v) is 2.92. The molecule has 14 heavy (non-hydrogen) atoms. The van der Waals surface area contributed by atoms with Crippen LogP contribution >= 0.6 is 0 Å². The highest BCUT2D eigenvalue weighted by Gasteiger charge is 2.22. The summed E-state index contributed by atoms with van der Waals surface area (Å²) in [6, 6.07) is 9.94. The van der Waals surface area contributed by atoms with Crippen molar-refractivity contribution in [2.75, 3.05) is 13.1 Å². The first kappa shape index (κ1) is 9.69. The SMILES string of the molecule is O[C@H](c1ccccc1)[C@H]1CCCNC1. The molecular formula is C12H17NO. The second-order valence-corrected chi connectivity index (χ2v) is 3.96. The number of piperidine rings is 1. The molecule has 1 aromatic carbocycles. The molecule has 0 unspecified atom stereocenters. The maximum absolute atomic E-state index is 10.1. The van der Waals surface area contributed by atoms with Crippen LogP contribution in [0.15, 0.2) is 30.3 Å². The van der Waals surface area contributed by atoms with Gasteiger partial charge in [-0.3, -0.25) is 0 Å². The molecule has 2 rings (SSSR count). The van der Waals surface area contributed by atoms with Crippen LogP contribution < -0.4 is 5.32 Å². The molecule has 1 fully saturated rings. The molecule has 0 radical (unpaired) electrons. The van der Waals surface area contributed by atoms with Crippen LogP contribution in [0.4, 0.5) is 0 Å². The van der Waals surface area contributed by atoms with E-state index < -0.39 is 0 Å². The van der Waals surface area contributed by atoms with Gasteiger partial charge < -0.3 is 10.4 Å². The maximum Gasteiger partial charge on any atom is 0.0830 e. The predicted octanol–water partition coefficient (Wildman–Crippen LogP) is 1.72. The molecule has 0 saturated carbocycles. The number of hydrogen-bond acceptors (Lipinski definition) is 2. The number of aliphatic hydroxyl groups is 1. The molecule has 2 atom stereocenters. The van der Waals surface area contributed by atoms with Crippen LogP contribution in [0.5, 0.6) is 0 Å². The number of hydrogen-bond donors (Lipinski definition) is 2. The topological polar surface area (TPSA) is 32.3 Å². The van der Waals surface area contributed by atoms with Crippen molar-refractivity contribution in [3.8, 4) is 0 Å². The Morgan fingerprint density at radius 2 is 2.07 bits per heavy atom. The number of nitrogens with one attached hydrogen (secondary N) is 1. The molecule has 1 aliphatic rings. The van der Waals surface area contributed by atoms with Gasteiger partial charge in [-0.1, -0.05) is 30.3 Å². The van der Waals surface area contributed by atoms with E-state index in [1.54, 1.807) is 0 Å². The largest absolute Gasteiger partial charge is 0.388 e. The molecule has 1 saturated heterocycles. The van der Waals surface area contributed by atoms with Crippen molar-refractivity contribution in [2.45, 2.75) is 18.9 Å². The Labute approximate surface area is 85.0 Å². The zero-order valence-corrected chi connectivity index (χ0v) is 8.32. The molecule has 2 heteroatoms. The predicted molar refractivity (Wildman–Crippen MR) is 57.0 cm³/mol. The van der Waals surface area contributed by atoms with E-state index in [2.05, 4.69) is 5.32 Å². The molecule has 0 aromatic heterocycles. The summed E-state index contributed by atoms with van der Waals surface area (Å²) in [6.07, 6.45) is 2.00. The lowest BCUT2D eigenvalue weighted by Crippen LogP contribution is -2.33. The van der Waals surface area contributed by atoms with Gasteiger partial charge in [0.1, 0.15) is 0 Å². The molecule has 0 spiro atoms. The lowest BCUT2D eigenvalue weighted by molar-refractivity contribution is 0.0922. The number of rotatable bonds is 2. The first-order chi connectivity index (χ1) is 6.88. The number of benzene rings is 1. The van der Waals surface area contributed by atoms with Crippen molar-refractivity contribution in [2.24, 2.45) is 5.92 Å². The van der Waals surface area contributed by atoms with Crippen molar-refractivity contribution >= 4 is 0 Å². The molecule has 1 heterocycles. The van der Waals surface area contributed by atoms with Crippen LogP contribution in [0, 0.1) is 5.92 Å². The minimum atomic E-state index is -0.302. The van der Waals surface area contributed by atoms with Crippen LogP contribution in [0.2, 0.25) is 0 Å². The standard InChI is InChI=1S/C12H17NO/c14-12(10-5-2-1-3-6-10)11-7-4-8-13-9-11/h1-3,5-6,11-14H,4,7-9H2/t11-,12+/m0/s1. The summed E-state index contributed by atoms with van der Waals surface area (Å²) < 4.78 is 0. The summed E-state index contributed by atoms with van der Waals surface area (Å²) in [5.41, 5.74) is 1.04. The minimum absolute atomic E-state index is 0.302. The quantitative estimate of drug-likeness (QED) is 0.746. The van der Waals surface area contributed by atoms with Gasteiger partial charge in [0.2, 0.25) is 0 Å². The third-order valence-electron chi connectivity index (χ3n) is 2.92.